The van der Waals surface area contributed by atoms with Crippen LogP contribution in [0.3, 0.4) is 0 Å². The second-order valence-electron chi connectivity index (χ2n) is 5.61. The lowest BCUT2D eigenvalue weighted by molar-refractivity contribution is -0.147. The molecule has 0 aliphatic rings. The van der Waals surface area contributed by atoms with Gasteiger partial charge in [-0.2, -0.15) is 0 Å². The highest BCUT2D eigenvalue weighted by atomic mass is 16.6. The van der Waals surface area contributed by atoms with Crippen LogP contribution in [0.4, 0.5) is 0 Å². The van der Waals surface area contributed by atoms with Crippen molar-refractivity contribution in [2.75, 3.05) is 13.2 Å². The molecule has 1 aromatic rings. The van der Waals surface area contributed by atoms with Crippen LogP contribution in [0, 0.1) is 0 Å². The minimum atomic E-state index is -1.01. The molecule has 0 spiro atoms. The topological polar surface area (TPSA) is 78.9 Å². The average Bonchev–Trinajstić information content (AvgIpc) is 2.50. The van der Waals surface area contributed by atoms with E-state index in [-0.39, 0.29) is 24.3 Å². The van der Waals surface area contributed by atoms with E-state index in [2.05, 4.69) is 0 Å². The van der Waals surface area contributed by atoms with E-state index in [1.165, 1.54) is 19.1 Å². The highest BCUT2D eigenvalue weighted by molar-refractivity contribution is 6.03. The molecule has 0 bridgehead atoms. The Bertz CT molecular complexity index is 576. The van der Waals surface area contributed by atoms with Gasteiger partial charge in [-0.1, -0.05) is 19.1 Å². The van der Waals surface area contributed by atoms with Gasteiger partial charge in [0.05, 0.1) is 17.7 Å². The fourth-order valence-electron chi connectivity index (χ4n) is 1.72. The third-order valence-electron chi connectivity index (χ3n) is 2.80. The van der Waals surface area contributed by atoms with E-state index < -0.39 is 23.5 Å². The maximum atomic E-state index is 12.3. The SMILES string of the molecule is CCCOC(=O)c1ccccc1C(=O)OC(C)(C)COC(C)=O. The minimum absolute atomic E-state index is 0.0729. The van der Waals surface area contributed by atoms with Crippen LogP contribution in [0.2, 0.25) is 0 Å². The molecule has 0 atom stereocenters. The molecule has 6 nitrogen and oxygen atoms in total. The van der Waals surface area contributed by atoms with Crippen molar-refractivity contribution in [1.82, 2.24) is 0 Å². The molecule has 0 N–H and O–H groups in total. The van der Waals surface area contributed by atoms with Crippen molar-refractivity contribution in [2.24, 2.45) is 0 Å². The Morgan fingerprint density at radius 2 is 1.57 bits per heavy atom. The fraction of sp³-hybridized carbons (Fsp3) is 0.471. The zero-order valence-electron chi connectivity index (χ0n) is 13.9. The van der Waals surface area contributed by atoms with Gasteiger partial charge >= 0.3 is 17.9 Å². The number of carbonyl (C=O) groups excluding carboxylic acids is 3. The summed E-state index contributed by atoms with van der Waals surface area (Å²) in [7, 11) is 0. The summed E-state index contributed by atoms with van der Waals surface area (Å²) in [6.45, 7) is 6.59. The van der Waals surface area contributed by atoms with Crippen LogP contribution in [-0.2, 0) is 19.0 Å². The number of rotatable bonds is 7. The van der Waals surface area contributed by atoms with E-state index in [9.17, 15) is 14.4 Å². The fourth-order valence-corrected chi connectivity index (χ4v) is 1.72. The summed E-state index contributed by atoms with van der Waals surface area (Å²) >= 11 is 0. The molecule has 23 heavy (non-hydrogen) atoms. The van der Waals surface area contributed by atoms with Crippen LogP contribution < -0.4 is 0 Å². The van der Waals surface area contributed by atoms with Gasteiger partial charge in [-0.3, -0.25) is 4.79 Å². The van der Waals surface area contributed by atoms with Gasteiger partial charge in [-0.05, 0) is 32.4 Å². The molecule has 6 heteroatoms. The third-order valence-corrected chi connectivity index (χ3v) is 2.80. The maximum absolute atomic E-state index is 12.3. The van der Waals surface area contributed by atoms with Gasteiger partial charge in [0.25, 0.3) is 0 Å². The van der Waals surface area contributed by atoms with E-state index >= 15 is 0 Å². The summed E-state index contributed by atoms with van der Waals surface area (Å²) in [5, 5.41) is 0. The van der Waals surface area contributed by atoms with Crippen LogP contribution in [0.25, 0.3) is 0 Å². The lowest BCUT2D eigenvalue weighted by atomic mass is 10.1. The molecule has 0 aromatic heterocycles. The van der Waals surface area contributed by atoms with Crippen LogP contribution in [-0.4, -0.2) is 36.7 Å². The number of ether oxygens (including phenoxy) is 3. The molecule has 0 fully saturated rings. The van der Waals surface area contributed by atoms with Gasteiger partial charge in [0.2, 0.25) is 0 Å². The number of hydrogen-bond acceptors (Lipinski definition) is 6. The van der Waals surface area contributed by atoms with Crippen molar-refractivity contribution in [1.29, 1.82) is 0 Å². The van der Waals surface area contributed by atoms with E-state index in [4.69, 9.17) is 14.2 Å². The molecule has 0 aliphatic carbocycles. The van der Waals surface area contributed by atoms with Crippen molar-refractivity contribution in [2.45, 2.75) is 39.7 Å². The molecule has 0 radical (unpaired) electrons. The Hall–Kier alpha value is -2.37. The molecule has 0 saturated heterocycles. The zero-order valence-corrected chi connectivity index (χ0v) is 13.9. The van der Waals surface area contributed by atoms with Crippen molar-refractivity contribution in [3.05, 3.63) is 35.4 Å². The van der Waals surface area contributed by atoms with E-state index in [0.717, 1.165) is 0 Å². The predicted molar refractivity (Wildman–Crippen MR) is 83.1 cm³/mol. The number of carbonyl (C=O) groups is 3. The van der Waals surface area contributed by atoms with Crippen LogP contribution in [0.5, 0.6) is 0 Å². The number of hydrogen-bond donors (Lipinski definition) is 0. The van der Waals surface area contributed by atoms with Crippen molar-refractivity contribution >= 4 is 17.9 Å². The summed E-state index contributed by atoms with van der Waals surface area (Å²) in [4.78, 5) is 35.2. The molecule has 1 rings (SSSR count). The number of esters is 3. The summed E-state index contributed by atoms with van der Waals surface area (Å²) < 4.78 is 15.3. The van der Waals surface area contributed by atoms with E-state index in [1.54, 1.807) is 26.0 Å². The average molecular weight is 322 g/mol. The van der Waals surface area contributed by atoms with Crippen LogP contribution >= 0.6 is 0 Å². The smallest absolute Gasteiger partial charge is 0.339 e. The Morgan fingerprint density at radius 3 is 2.09 bits per heavy atom. The highest BCUT2D eigenvalue weighted by Gasteiger charge is 2.27. The van der Waals surface area contributed by atoms with Crippen molar-refractivity contribution in [3.63, 3.8) is 0 Å². The number of benzene rings is 1. The van der Waals surface area contributed by atoms with Gasteiger partial charge in [-0.25, -0.2) is 9.59 Å². The summed E-state index contributed by atoms with van der Waals surface area (Å²) in [5.41, 5.74) is -0.748. The van der Waals surface area contributed by atoms with Crippen LogP contribution in [0.1, 0.15) is 54.8 Å². The molecular weight excluding hydrogens is 300 g/mol. The second kappa shape index (κ2) is 8.31. The van der Waals surface area contributed by atoms with E-state index in [0.29, 0.717) is 6.42 Å². The van der Waals surface area contributed by atoms with Gasteiger partial charge < -0.3 is 14.2 Å². The minimum Gasteiger partial charge on any atom is -0.462 e. The lowest BCUT2D eigenvalue weighted by Crippen LogP contribution is -2.34. The van der Waals surface area contributed by atoms with Gasteiger partial charge in [0.1, 0.15) is 12.2 Å². The molecule has 0 heterocycles. The first-order valence-corrected chi connectivity index (χ1v) is 7.39. The third kappa shape index (κ3) is 6.10. The molecule has 1 aromatic carbocycles. The predicted octanol–water partition coefficient (Wildman–Crippen LogP) is 2.75. The quantitative estimate of drug-likeness (QED) is 0.567. The largest absolute Gasteiger partial charge is 0.462 e. The Morgan fingerprint density at radius 1 is 1.00 bits per heavy atom. The molecule has 0 amide bonds. The first-order chi connectivity index (χ1) is 10.8. The summed E-state index contributed by atoms with van der Waals surface area (Å²) in [5.74, 6) is -1.71. The molecule has 0 aliphatic heterocycles. The second-order valence-corrected chi connectivity index (χ2v) is 5.61. The van der Waals surface area contributed by atoms with Gasteiger partial charge in [-0.15, -0.1) is 0 Å². The monoisotopic (exact) mass is 322 g/mol. The van der Waals surface area contributed by atoms with Gasteiger partial charge in [0.15, 0.2) is 0 Å². The van der Waals surface area contributed by atoms with Crippen molar-refractivity contribution < 1.29 is 28.6 Å². The highest BCUT2D eigenvalue weighted by Crippen LogP contribution is 2.17. The zero-order chi connectivity index (χ0) is 17.5. The normalized spacial score (nSPS) is 10.8. The first kappa shape index (κ1) is 18.7. The Kier molecular flexibility index (Phi) is 6.75. The molecule has 0 saturated carbocycles. The standard InChI is InChI=1S/C17H22O6/c1-5-10-21-15(19)13-8-6-7-9-14(13)16(20)23-17(3,4)11-22-12(2)18/h6-9H,5,10-11H2,1-4H3. The van der Waals surface area contributed by atoms with Gasteiger partial charge in [0, 0.05) is 6.92 Å². The Labute approximate surface area is 135 Å². The molecular formula is C17H22O6. The maximum Gasteiger partial charge on any atom is 0.339 e. The summed E-state index contributed by atoms with van der Waals surface area (Å²) in [6, 6.07) is 6.27. The lowest BCUT2D eigenvalue weighted by Gasteiger charge is -2.24. The molecule has 126 valence electrons. The van der Waals surface area contributed by atoms with Crippen molar-refractivity contribution in [3.8, 4) is 0 Å². The summed E-state index contributed by atoms with van der Waals surface area (Å²) in [6.07, 6.45) is 0.688. The molecule has 0 unspecified atom stereocenters. The van der Waals surface area contributed by atoms with E-state index in [1.807, 2.05) is 6.92 Å². The Balaban J connectivity index is 2.87. The first-order valence-electron chi connectivity index (χ1n) is 7.39. The van der Waals surface area contributed by atoms with Crippen LogP contribution in [0.15, 0.2) is 24.3 Å².